The normalized spacial score (nSPS) is 22.8. The van der Waals surface area contributed by atoms with Gasteiger partial charge in [-0.25, -0.2) is 0 Å². The number of rotatable bonds is 5. The number of hydrogen-bond acceptors (Lipinski definition) is 3. The van der Waals surface area contributed by atoms with E-state index in [0.717, 1.165) is 58.1 Å². The van der Waals surface area contributed by atoms with Crippen LogP contribution in [0.2, 0.25) is 0 Å². The predicted octanol–water partition coefficient (Wildman–Crippen LogP) is 1.32. The summed E-state index contributed by atoms with van der Waals surface area (Å²) in [6.07, 6.45) is 4.04. The molecule has 2 aliphatic heterocycles. The fraction of sp³-hybridized carbons (Fsp3) is 0.882. The van der Waals surface area contributed by atoms with Crippen molar-refractivity contribution in [3.8, 4) is 0 Å². The minimum absolute atomic E-state index is 0.169. The molecular weight excluding hydrogens is 292 g/mol. The highest BCUT2D eigenvalue weighted by molar-refractivity contribution is 5.82. The Kier molecular flexibility index (Phi) is 7.15. The van der Waals surface area contributed by atoms with Gasteiger partial charge < -0.3 is 19.9 Å². The van der Waals surface area contributed by atoms with E-state index in [4.69, 9.17) is 4.74 Å². The molecule has 0 aliphatic carbocycles. The first kappa shape index (κ1) is 18.0. The number of hydrogen-bond donors (Lipinski definition) is 1. The SMILES string of the molecule is CCC(CC)CNC(=NC)N1CCN(C(=O)C2CCCO2)CC1. The second-order valence-corrected chi connectivity index (χ2v) is 6.42. The highest BCUT2D eigenvalue weighted by Gasteiger charge is 2.30. The van der Waals surface area contributed by atoms with Crippen LogP contribution in [0.1, 0.15) is 39.5 Å². The molecule has 0 radical (unpaired) electrons. The number of nitrogens with zero attached hydrogens (tertiary/aromatic N) is 3. The molecule has 0 aromatic rings. The molecule has 0 spiro atoms. The van der Waals surface area contributed by atoms with Crippen LogP contribution in [-0.2, 0) is 9.53 Å². The lowest BCUT2D eigenvalue weighted by Crippen LogP contribution is -2.55. The van der Waals surface area contributed by atoms with Crippen molar-refractivity contribution in [2.45, 2.75) is 45.6 Å². The van der Waals surface area contributed by atoms with Crippen molar-refractivity contribution >= 4 is 11.9 Å². The summed E-state index contributed by atoms with van der Waals surface area (Å²) in [5.41, 5.74) is 0. The van der Waals surface area contributed by atoms with Gasteiger partial charge in [-0.3, -0.25) is 9.79 Å². The van der Waals surface area contributed by atoms with Crippen molar-refractivity contribution in [2.75, 3.05) is 46.4 Å². The van der Waals surface area contributed by atoms with Crippen LogP contribution in [0.25, 0.3) is 0 Å². The fourth-order valence-electron chi connectivity index (χ4n) is 3.26. The van der Waals surface area contributed by atoms with Crippen molar-refractivity contribution in [3.63, 3.8) is 0 Å². The zero-order chi connectivity index (χ0) is 16.7. The third-order valence-corrected chi connectivity index (χ3v) is 5.01. The Hall–Kier alpha value is -1.30. The van der Waals surface area contributed by atoms with Crippen molar-refractivity contribution < 1.29 is 9.53 Å². The molecule has 1 unspecified atom stereocenters. The quantitative estimate of drug-likeness (QED) is 0.612. The van der Waals surface area contributed by atoms with Crippen molar-refractivity contribution in [1.29, 1.82) is 0 Å². The van der Waals surface area contributed by atoms with E-state index in [1.807, 2.05) is 11.9 Å². The number of ether oxygens (including phenoxy) is 1. The van der Waals surface area contributed by atoms with Crippen molar-refractivity contribution in [2.24, 2.45) is 10.9 Å². The van der Waals surface area contributed by atoms with Crippen LogP contribution in [0, 0.1) is 5.92 Å². The first-order chi connectivity index (χ1) is 11.2. The number of guanidine groups is 1. The average Bonchev–Trinajstić information content (AvgIpc) is 3.13. The number of carbonyl (C=O) groups is 1. The summed E-state index contributed by atoms with van der Waals surface area (Å²) in [6, 6.07) is 0. The van der Waals surface area contributed by atoms with Gasteiger partial charge in [0, 0.05) is 46.4 Å². The van der Waals surface area contributed by atoms with Gasteiger partial charge in [0.15, 0.2) is 5.96 Å². The van der Waals surface area contributed by atoms with Gasteiger partial charge in [0.05, 0.1) is 0 Å². The smallest absolute Gasteiger partial charge is 0.251 e. The molecule has 0 aromatic carbocycles. The summed E-state index contributed by atoms with van der Waals surface area (Å²) in [7, 11) is 1.83. The van der Waals surface area contributed by atoms with E-state index in [1.165, 1.54) is 12.8 Å². The summed E-state index contributed by atoms with van der Waals surface area (Å²) in [6.45, 7) is 9.33. The van der Waals surface area contributed by atoms with Crippen molar-refractivity contribution in [3.05, 3.63) is 0 Å². The molecule has 2 aliphatic rings. The number of amides is 1. The molecule has 2 fully saturated rings. The van der Waals surface area contributed by atoms with Gasteiger partial charge >= 0.3 is 0 Å². The molecule has 0 saturated carbocycles. The first-order valence-electron chi connectivity index (χ1n) is 9.05. The van der Waals surface area contributed by atoms with E-state index in [9.17, 15) is 4.79 Å². The Morgan fingerprint density at radius 1 is 1.22 bits per heavy atom. The van der Waals surface area contributed by atoms with E-state index in [-0.39, 0.29) is 12.0 Å². The molecule has 23 heavy (non-hydrogen) atoms. The molecule has 0 aromatic heterocycles. The summed E-state index contributed by atoms with van der Waals surface area (Å²) in [4.78, 5) is 21.0. The fourth-order valence-corrected chi connectivity index (χ4v) is 3.26. The summed E-state index contributed by atoms with van der Waals surface area (Å²) < 4.78 is 5.51. The topological polar surface area (TPSA) is 57.2 Å². The van der Waals surface area contributed by atoms with Crippen LogP contribution in [0.15, 0.2) is 4.99 Å². The molecule has 1 atom stereocenters. The maximum absolute atomic E-state index is 12.4. The van der Waals surface area contributed by atoms with E-state index >= 15 is 0 Å². The molecule has 6 nitrogen and oxygen atoms in total. The molecule has 2 rings (SSSR count). The standard InChI is InChI=1S/C17H32N4O2/c1-4-14(5-2)13-19-17(18-3)21-10-8-20(9-11-21)16(22)15-7-6-12-23-15/h14-15H,4-13H2,1-3H3,(H,18,19). The van der Waals surface area contributed by atoms with E-state index in [0.29, 0.717) is 5.92 Å². The summed E-state index contributed by atoms with van der Waals surface area (Å²) in [5, 5.41) is 3.49. The molecule has 132 valence electrons. The summed E-state index contributed by atoms with van der Waals surface area (Å²) in [5.74, 6) is 1.82. The Morgan fingerprint density at radius 2 is 1.87 bits per heavy atom. The zero-order valence-electron chi connectivity index (χ0n) is 14.9. The highest BCUT2D eigenvalue weighted by atomic mass is 16.5. The lowest BCUT2D eigenvalue weighted by Gasteiger charge is -2.37. The van der Waals surface area contributed by atoms with Crippen LogP contribution in [0.3, 0.4) is 0 Å². The third-order valence-electron chi connectivity index (χ3n) is 5.01. The highest BCUT2D eigenvalue weighted by Crippen LogP contribution is 2.16. The molecule has 1 amide bonds. The van der Waals surface area contributed by atoms with Gasteiger partial charge in [0.1, 0.15) is 6.10 Å². The maximum Gasteiger partial charge on any atom is 0.251 e. The third kappa shape index (κ3) is 4.83. The maximum atomic E-state index is 12.4. The minimum atomic E-state index is -0.200. The molecule has 0 bridgehead atoms. The summed E-state index contributed by atoms with van der Waals surface area (Å²) >= 11 is 0. The predicted molar refractivity (Wildman–Crippen MR) is 92.6 cm³/mol. The molecule has 2 heterocycles. The Morgan fingerprint density at radius 3 is 2.39 bits per heavy atom. The average molecular weight is 324 g/mol. The number of carbonyl (C=O) groups excluding carboxylic acids is 1. The minimum Gasteiger partial charge on any atom is -0.368 e. The Labute approximate surface area is 140 Å². The van der Waals surface area contributed by atoms with Crippen LogP contribution < -0.4 is 5.32 Å². The van der Waals surface area contributed by atoms with Crippen LogP contribution in [0.5, 0.6) is 0 Å². The molecule has 2 saturated heterocycles. The largest absolute Gasteiger partial charge is 0.368 e. The van der Waals surface area contributed by atoms with Gasteiger partial charge in [0.2, 0.25) is 0 Å². The number of nitrogens with one attached hydrogen (secondary N) is 1. The van der Waals surface area contributed by atoms with E-state index in [1.54, 1.807) is 0 Å². The van der Waals surface area contributed by atoms with Crippen LogP contribution in [0.4, 0.5) is 0 Å². The monoisotopic (exact) mass is 324 g/mol. The second kappa shape index (κ2) is 9.11. The van der Waals surface area contributed by atoms with Gasteiger partial charge in [-0.2, -0.15) is 0 Å². The number of aliphatic imine (C=N–C) groups is 1. The van der Waals surface area contributed by atoms with Crippen LogP contribution >= 0.6 is 0 Å². The van der Waals surface area contributed by atoms with Gasteiger partial charge in [0.25, 0.3) is 5.91 Å². The Bertz CT molecular complexity index is 395. The lowest BCUT2D eigenvalue weighted by molar-refractivity contribution is -0.142. The van der Waals surface area contributed by atoms with E-state index in [2.05, 4.69) is 29.1 Å². The molecule has 1 N–H and O–H groups in total. The van der Waals surface area contributed by atoms with Gasteiger partial charge in [-0.15, -0.1) is 0 Å². The van der Waals surface area contributed by atoms with Crippen molar-refractivity contribution in [1.82, 2.24) is 15.1 Å². The van der Waals surface area contributed by atoms with Gasteiger partial charge in [-0.05, 0) is 18.8 Å². The van der Waals surface area contributed by atoms with E-state index < -0.39 is 0 Å². The lowest BCUT2D eigenvalue weighted by atomic mass is 10.0. The molecular formula is C17H32N4O2. The first-order valence-corrected chi connectivity index (χ1v) is 9.05. The van der Waals surface area contributed by atoms with Crippen LogP contribution in [-0.4, -0.2) is 74.1 Å². The second-order valence-electron chi connectivity index (χ2n) is 6.42. The molecule has 6 heteroatoms. The zero-order valence-corrected chi connectivity index (χ0v) is 14.9. The Balaban J connectivity index is 1.78. The van der Waals surface area contributed by atoms with Gasteiger partial charge in [-0.1, -0.05) is 26.7 Å². The number of piperazine rings is 1.